The molecule has 4 rings (SSSR count). The lowest BCUT2D eigenvalue weighted by atomic mass is 10.1. The van der Waals surface area contributed by atoms with Gasteiger partial charge in [0.1, 0.15) is 0 Å². The van der Waals surface area contributed by atoms with Gasteiger partial charge in [0.25, 0.3) is 5.01 Å². The van der Waals surface area contributed by atoms with E-state index in [9.17, 15) is 0 Å². The molecule has 0 fully saturated rings. The smallest absolute Gasteiger partial charge is 0.143 e. The average Bonchev–Trinajstić information content (AvgIpc) is 3.09. The van der Waals surface area contributed by atoms with Crippen molar-refractivity contribution in [1.29, 1.82) is 0 Å². The summed E-state index contributed by atoms with van der Waals surface area (Å²) in [6, 6.07) is 29.6. The van der Waals surface area contributed by atoms with Crippen LogP contribution < -0.4 is 4.57 Å². The summed E-state index contributed by atoms with van der Waals surface area (Å²) in [4.78, 5) is 0. The van der Waals surface area contributed by atoms with Gasteiger partial charge in [0.2, 0.25) is 11.4 Å². The first kappa shape index (κ1) is 15.3. The van der Waals surface area contributed by atoms with Crippen LogP contribution in [0.1, 0.15) is 0 Å². The molecular formula is C21H15BrNS+. The summed E-state index contributed by atoms with van der Waals surface area (Å²) in [7, 11) is 0. The van der Waals surface area contributed by atoms with Crippen LogP contribution in [-0.2, 0) is 0 Å². The van der Waals surface area contributed by atoms with Crippen LogP contribution in [0.25, 0.3) is 27.5 Å². The third-order valence-corrected chi connectivity index (χ3v) is 5.41. The number of halogens is 1. The number of nitrogens with zero attached hydrogens (tertiary/aromatic N) is 1. The van der Waals surface area contributed by atoms with Gasteiger partial charge in [-0.2, -0.15) is 0 Å². The minimum Gasteiger partial charge on any atom is -0.143 e. The van der Waals surface area contributed by atoms with Crippen LogP contribution in [0, 0.1) is 0 Å². The van der Waals surface area contributed by atoms with Crippen LogP contribution in [0.5, 0.6) is 0 Å². The van der Waals surface area contributed by atoms with Crippen LogP contribution in [0.15, 0.2) is 94.8 Å². The molecule has 1 heterocycles. The molecule has 3 aromatic carbocycles. The summed E-state index contributed by atoms with van der Waals surface area (Å²) in [6.07, 6.45) is 0. The summed E-state index contributed by atoms with van der Waals surface area (Å²) in [5, 5.41) is 3.47. The molecule has 4 aromatic rings. The molecular weight excluding hydrogens is 378 g/mol. The van der Waals surface area contributed by atoms with E-state index in [1.807, 2.05) is 0 Å². The largest absolute Gasteiger partial charge is 0.275 e. The molecule has 0 unspecified atom stereocenters. The Morgan fingerprint density at radius 1 is 0.667 bits per heavy atom. The number of hydrogen-bond donors (Lipinski definition) is 0. The maximum absolute atomic E-state index is 3.52. The first-order valence-corrected chi connectivity index (χ1v) is 9.40. The van der Waals surface area contributed by atoms with Gasteiger partial charge in [-0.15, -0.1) is 4.57 Å². The van der Waals surface area contributed by atoms with E-state index in [2.05, 4.69) is 111 Å². The van der Waals surface area contributed by atoms with Crippen LogP contribution in [-0.4, -0.2) is 0 Å². The first-order valence-electron chi connectivity index (χ1n) is 7.73. The molecule has 0 saturated carbocycles. The highest BCUT2D eigenvalue weighted by Crippen LogP contribution is 2.29. The minimum absolute atomic E-state index is 1.09. The summed E-state index contributed by atoms with van der Waals surface area (Å²) in [5.41, 5.74) is 4.82. The van der Waals surface area contributed by atoms with Crippen molar-refractivity contribution < 1.29 is 4.57 Å². The number of thiazole rings is 1. The van der Waals surface area contributed by atoms with E-state index in [0.717, 1.165) is 4.47 Å². The second-order valence-corrected chi connectivity index (χ2v) is 7.24. The van der Waals surface area contributed by atoms with Crippen LogP contribution in [0.3, 0.4) is 0 Å². The van der Waals surface area contributed by atoms with Crippen LogP contribution >= 0.6 is 27.3 Å². The van der Waals surface area contributed by atoms with Crippen molar-refractivity contribution in [1.82, 2.24) is 0 Å². The average molecular weight is 393 g/mol. The summed E-state index contributed by atoms with van der Waals surface area (Å²) in [5.74, 6) is 0. The molecule has 0 aliphatic carbocycles. The van der Waals surface area contributed by atoms with Gasteiger partial charge in [0, 0.05) is 22.2 Å². The third-order valence-electron chi connectivity index (χ3n) is 3.90. The maximum atomic E-state index is 3.52. The predicted octanol–water partition coefficient (Wildman–Crippen LogP) is 6.12. The van der Waals surface area contributed by atoms with Crippen molar-refractivity contribution in [2.75, 3.05) is 0 Å². The number of benzene rings is 3. The van der Waals surface area contributed by atoms with E-state index in [4.69, 9.17) is 0 Å². The van der Waals surface area contributed by atoms with Gasteiger partial charge in [0.05, 0.1) is 10.9 Å². The molecule has 0 N–H and O–H groups in total. The fourth-order valence-electron chi connectivity index (χ4n) is 2.76. The second-order valence-electron chi connectivity index (χ2n) is 5.47. The minimum atomic E-state index is 1.09. The Kier molecular flexibility index (Phi) is 4.28. The van der Waals surface area contributed by atoms with Crippen LogP contribution in [0.4, 0.5) is 0 Å². The maximum Gasteiger partial charge on any atom is 0.275 e. The highest BCUT2D eigenvalue weighted by Gasteiger charge is 2.25. The Bertz CT molecular complexity index is 944. The van der Waals surface area contributed by atoms with Crippen molar-refractivity contribution in [2.24, 2.45) is 0 Å². The molecule has 24 heavy (non-hydrogen) atoms. The molecule has 0 spiro atoms. The van der Waals surface area contributed by atoms with E-state index in [1.165, 1.54) is 27.5 Å². The molecule has 0 saturated heterocycles. The highest BCUT2D eigenvalue weighted by molar-refractivity contribution is 9.10. The van der Waals surface area contributed by atoms with Gasteiger partial charge >= 0.3 is 0 Å². The predicted molar refractivity (Wildman–Crippen MR) is 104 cm³/mol. The molecule has 0 aliphatic heterocycles. The van der Waals surface area contributed by atoms with Gasteiger partial charge in [-0.1, -0.05) is 63.7 Å². The quantitative estimate of drug-likeness (QED) is 0.369. The normalized spacial score (nSPS) is 10.7. The summed E-state index contributed by atoms with van der Waals surface area (Å²) >= 11 is 5.29. The summed E-state index contributed by atoms with van der Waals surface area (Å²) < 4.78 is 3.43. The zero-order valence-electron chi connectivity index (χ0n) is 12.9. The lowest BCUT2D eigenvalue weighted by molar-refractivity contribution is -0.567. The van der Waals surface area contributed by atoms with E-state index < -0.39 is 0 Å². The van der Waals surface area contributed by atoms with Crippen LogP contribution in [0.2, 0.25) is 0 Å². The van der Waals surface area contributed by atoms with Gasteiger partial charge in [-0.25, -0.2) is 0 Å². The number of para-hydroxylation sites is 1. The Morgan fingerprint density at radius 2 is 1.29 bits per heavy atom. The number of hydrogen-bond acceptors (Lipinski definition) is 1. The number of aromatic nitrogens is 1. The van der Waals surface area contributed by atoms with Gasteiger partial charge < -0.3 is 0 Å². The Labute approximate surface area is 154 Å². The molecule has 1 aromatic heterocycles. The first-order chi connectivity index (χ1) is 11.8. The molecule has 3 heteroatoms. The molecule has 116 valence electrons. The molecule has 0 atom stereocenters. The standard InChI is InChI=1S/C21H15BrNS/c22-18-13-11-16(12-14-18)20-15-24-21(17-7-3-1-4-8-17)23(20)19-9-5-2-6-10-19/h1-15H/q+1. The van der Waals surface area contributed by atoms with Crippen molar-refractivity contribution in [3.05, 3.63) is 94.8 Å². The topological polar surface area (TPSA) is 3.88 Å². The van der Waals surface area contributed by atoms with Crippen molar-refractivity contribution in [2.45, 2.75) is 0 Å². The highest BCUT2D eigenvalue weighted by atomic mass is 79.9. The van der Waals surface area contributed by atoms with E-state index in [1.54, 1.807) is 11.3 Å². The molecule has 0 amide bonds. The SMILES string of the molecule is Brc1ccc(-c2csc(-c3ccccc3)[n+]2-c2ccccc2)cc1. The lowest BCUT2D eigenvalue weighted by Gasteiger charge is -2.02. The fraction of sp³-hybridized carbons (Fsp3) is 0. The van der Waals surface area contributed by atoms with Crippen molar-refractivity contribution in [3.8, 4) is 27.5 Å². The third kappa shape index (κ3) is 2.93. The van der Waals surface area contributed by atoms with Crippen molar-refractivity contribution in [3.63, 3.8) is 0 Å². The Balaban J connectivity index is 1.95. The van der Waals surface area contributed by atoms with E-state index in [-0.39, 0.29) is 0 Å². The van der Waals surface area contributed by atoms with E-state index in [0.29, 0.717) is 0 Å². The molecule has 0 aliphatic rings. The Morgan fingerprint density at radius 3 is 1.96 bits per heavy atom. The zero-order chi connectivity index (χ0) is 16.4. The van der Waals surface area contributed by atoms with Gasteiger partial charge in [-0.3, -0.25) is 0 Å². The van der Waals surface area contributed by atoms with E-state index >= 15 is 0 Å². The zero-order valence-corrected chi connectivity index (χ0v) is 15.3. The Hall–Kier alpha value is -2.23. The molecule has 0 radical (unpaired) electrons. The van der Waals surface area contributed by atoms with Gasteiger partial charge in [0.15, 0.2) is 0 Å². The van der Waals surface area contributed by atoms with Gasteiger partial charge in [-0.05, 0) is 36.4 Å². The number of rotatable bonds is 3. The molecule has 0 bridgehead atoms. The lowest BCUT2D eigenvalue weighted by Crippen LogP contribution is -2.33. The fourth-order valence-corrected chi connectivity index (χ4v) is 4.07. The monoisotopic (exact) mass is 392 g/mol. The molecule has 1 nitrogen and oxygen atoms in total. The second kappa shape index (κ2) is 6.71. The van der Waals surface area contributed by atoms with Crippen molar-refractivity contribution >= 4 is 27.3 Å². The summed E-state index contributed by atoms with van der Waals surface area (Å²) in [6.45, 7) is 0.